The van der Waals surface area contributed by atoms with Crippen LogP contribution in [0.1, 0.15) is 12.5 Å². The molecule has 0 saturated carbocycles. The fourth-order valence-corrected chi connectivity index (χ4v) is 2.74. The molecule has 2 N–H and O–H groups in total. The number of nitro groups is 1. The highest BCUT2D eigenvalue weighted by Gasteiger charge is 2.22. The Kier molecular flexibility index (Phi) is 3.89. The number of nitro benzene ring substituents is 1. The topological polar surface area (TPSA) is 118 Å². The van der Waals surface area contributed by atoms with Crippen molar-refractivity contribution in [3.05, 3.63) is 45.9 Å². The highest BCUT2D eigenvalue weighted by Crippen LogP contribution is 2.23. The lowest BCUT2D eigenvalue weighted by atomic mass is 10.3. The Bertz CT molecular complexity index is 787. The van der Waals surface area contributed by atoms with Gasteiger partial charge in [-0.1, -0.05) is 6.92 Å². The van der Waals surface area contributed by atoms with E-state index < -0.39 is 31.3 Å². The minimum absolute atomic E-state index is 0.171. The van der Waals surface area contributed by atoms with Gasteiger partial charge in [0.2, 0.25) is 5.82 Å². The third-order valence-corrected chi connectivity index (χ3v) is 4.11. The van der Waals surface area contributed by atoms with E-state index in [-0.39, 0.29) is 5.82 Å². The molecule has 112 valence electrons. The molecule has 2 rings (SSSR count). The number of H-pyrrole nitrogens is 1. The average Bonchev–Trinajstić information content (AvgIpc) is 2.85. The summed E-state index contributed by atoms with van der Waals surface area (Å²) in [5, 5.41) is 16.8. The predicted octanol–water partition coefficient (Wildman–Crippen LogP) is 1.82. The van der Waals surface area contributed by atoms with Gasteiger partial charge in [0.15, 0.2) is 0 Å². The van der Waals surface area contributed by atoms with Crippen molar-refractivity contribution in [2.45, 2.75) is 18.2 Å². The lowest BCUT2D eigenvalue weighted by Gasteiger charge is -2.07. The number of hydrogen-bond donors (Lipinski definition) is 2. The van der Waals surface area contributed by atoms with Crippen molar-refractivity contribution in [3.63, 3.8) is 0 Å². The van der Waals surface area contributed by atoms with Gasteiger partial charge in [0.1, 0.15) is 5.82 Å². The van der Waals surface area contributed by atoms with Crippen LogP contribution in [0.15, 0.2) is 29.3 Å². The van der Waals surface area contributed by atoms with Gasteiger partial charge < -0.3 is 0 Å². The van der Waals surface area contributed by atoms with Gasteiger partial charge in [0.25, 0.3) is 10.0 Å². The predicted molar refractivity (Wildman–Crippen MR) is 71.8 cm³/mol. The van der Waals surface area contributed by atoms with Crippen LogP contribution in [-0.2, 0) is 16.4 Å². The summed E-state index contributed by atoms with van der Waals surface area (Å²) in [6.45, 7) is 1.81. The van der Waals surface area contributed by atoms with Crippen LogP contribution in [0, 0.1) is 15.9 Å². The van der Waals surface area contributed by atoms with E-state index >= 15 is 0 Å². The smallest absolute Gasteiger partial charge is 0.263 e. The van der Waals surface area contributed by atoms with E-state index in [1.165, 1.54) is 6.20 Å². The van der Waals surface area contributed by atoms with Crippen LogP contribution in [-0.4, -0.2) is 23.5 Å². The second-order valence-corrected chi connectivity index (χ2v) is 5.78. The van der Waals surface area contributed by atoms with Gasteiger partial charge in [-0.3, -0.25) is 19.9 Å². The number of anilines is 1. The van der Waals surface area contributed by atoms with E-state index in [4.69, 9.17) is 0 Å². The number of halogens is 1. The first kappa shape index (κ1) is 14.9. The standard InChI is InChI=1S/C11H11FN4O4S/c1-2-7-6-13-14-11(7)15-21(19,20)8-3-4-9(12)10(5-8)16(17)18/h3-6H,2H2,1H3,(H2,13,14,15). The summed E-state index contributed by atoms with van der Waals surface area (Å²) >= 11 is 0. The molecule has 10 heteroatoms. The third kappa shape index (κ3) is 2.99. The molecule has 21 heavy (non-hydrogen) atoms. The van der Waals surface area contributed by atoms with Crippen LogP contribution < -0.4 is 4.72 Å². The molecule has 0 saturated heterocycles. The van der Waals surface area contributed by atoms with Crippen LogP contribution in [0.3, 0.4) is 0 Å². The monoisotopic (exact) mass is 314 g/mol. The van der Waals surface area contributed by atoms with E-state index in [1.807, 2.05) is 6.92 Å². The minimum Gasteiger partial charge on any atom is -0.263 e. The zero-order valence-corrected chi connectivity index (χ0v) is 11.6. The summed E-state index contributed by atoms with van der Waals surface area (Å²) in [7, 11) is -4.08. The van der Waals surface area contributed by atoms with E-state index in [9.17, 15) is 22.9 Å². The fraction of sp³-hybridized carbons (Fsp3) is 0.182. The molecular formula is C11H11FN4O4S. The van der Waals surface area contributed by atoms with Crippen LogP contribution in [0.5, 0.6) is 0 Å². The molecule has 0 aliphatic heterocycles. The Morgan fingerprint density at radius 2 is 2.19 bits per heavy atom. The van der Waals surface area contributed by atoms with Gasteiger partial charge in [-0.05, 0) is 18.6 Å². The third-order valence-electron chi connectivity index (χ3n) is 2.76. The summed E-state index contributed by atoms with van der Waals surface area (Å²) in [5.41, 5.74) is -0.270. The van der Waals surface area contributed by atoms with E-state index in [1.54, 1.807) is 0 Å². The number of aromatic amines is 1. The van der Waals surface area contributed by atoms with Crippen molar-refractivity contribution in [2.75, 3.05) is 4.72 Å². The minimum atomic E-state index is -4.08. The summed E-state index contributed by atoms with van der Waals surface area (Å²) in [4.78, 5) is 9.26. The first-order valence-corrected chi connectivity index (χ1v) is 7.32. The highest BCUT2D eigenvalue weighted by atomic mass is 32.2. The molecule has 0 unspecified atom stereocenters. The zero-order chi connectivity index (χ0) is 15.6. The van der Waals surface area contributed by atoms with Crippen molar-refractivity contribution in [1.29, 1.82) is 0 Å². The molecule has 0 fully saturated rings. The van der Waals surface area contributed by atoms with Gasteiger partial charge in [-0.25, -0.2) is 8.42 Å². The molecule has 1 aromatic heterocycles. The van der Waals surface area contributed by atoms with Crippen molar-refractivity contribution >= 4 is 21.5 Å². The Morgan fingerprint density at radius 1 is 1.48 bits per heavy atom. The maximum atomic E-state index is 13.2. The van der Waals surface area contributed by atoms with Crippen LogP contribution >= 0.6 is 0 Å². The van der Waals surface area contributed by atoms with E-state index in [0.717, 1.165) is 12.1 Å². The molecule has 2 aromatic rings. The number of nitrogens with zero attached hydrogens (tertiary/aromatic N) is 2. The lowest BCUT2D eigenvalue weighted by molar-refractivity contribution is -0.387. The molecule has 0 aliphatic carbocycles. The highest BCUT2D eigenvalue weighted by molar-refractivity contribution is 7.92. The number of aryl methyl sites for hydroxylation is 1. The largest absolute Gasteiger partial charge is 0.306 e. The molecule has 0 aliphatic rings. The van der Waals surface area contributed by atoms with Gasteiger partial charge in [-0.15, -0.1) is 0 Å². The molecular weight excluding hydrogens is 303 g/mol. The second-order valence-electron chi connectivity index (χ2n) is 4.10. The molecule has 8 nitrogen and oxygen atoms in total. The number of benzene rings is 1. The molecule has 1 heterocycles. The first-order valence-electron chi connectivity index (χ1n) is 5.84. The van der Waals surface area contributed by atoms with Gasteiger partial charge in [0, 0.05) is 11.6 Å². The van der Waals surface area contributed by atoms with Crippen molar-refractivity contribution in [2.24, 2.45) is 0 Å². The maximum absolute atomic E-state index is 13.2. The molecule has 0 radical (unpaired) electrons. The summed E-state index contributed by atoms with van der Waals surface area (Å²) < 4.78 is 39.8. The second kappa shape index (κ2) is 5.48. The quantitative estimate of drug-likeness (QED) is 0.644. The average molecular weight is 314 g/mol. The number of nitrogens with one attached hydrogen (secondary N) is 2. The lowest BCUT2D eigenvalue weighted by Crippen LogP contribution is -2.14. The van der Waals surface area contributed by atoms with Crippen LogP contribution in [0.2, 0.25) is 0 Å². The SMILES string of the molecule is CCc1cn[nH]c1NS(=O)(=O)c1ccc(F)c([N+](=O)[O-])c1. The Labute approximate surface area is 119 Å². The fourth-order valence-electron chi connectivity index (χ4n) is 1.66. The van der Waals surface area contributed by atoms with Crippen molar-refractivity contribution in [1.82, 2.24) is 10.2 Å². The Morgan fingerprint density at radius 3 is 2.81 bits per heavy atom. The van der Waals surface area contributed by atoms with Crippen LogP contribution in [0.25, 0.3) is 0 Å². The zero-order valence-electron chi connectivity index (χ0n) is 10.8. The molecule has 1 aromatic carbocycles. The normalized spacial score (nSPS) is 11.3. The summed E-state index contributed by atoms with van der Waals surface area (Å²) in [6, 6.07) is 2.35. The van der Waals surface area contributed by atoms with Crippen LogP contribution in [0.4, 0.5) is 15.9 Å². The van der Waals surface area contributed by atoms with Crippen molar-refractivity contribution in [3.8, 4) is 0 Å². The van der Waals surface area contributed by atoms with Gasteiger partial charge >= 0.3 is 5.69 Å². The van der Waals surface area contributed by atoms with E-state index in [0.29, 0.717) is 18.1 Å². The van der Waals surface area contributed by atoms with Gasteiger partial charge in [-0.2, -0.15) is 9.49 Å². The number of sulfonamides is 1. The number of rotatable bonds is 5. The molecule has 0 amide bonds. The molecule has 0 bridgehead atoms. The van der Waals surface area contributed by atoms with Gasteiger partial charge in [0.05, 0.1) is 16.0 Å². The van der Waals surface area contributed by atoms with E-state index in [2.05, 4.69) is 14.9 Å². The van der Waals surface area contributed by atoms with Crippen molar-refractivity contribution < 1.29 is 17.7 Å². The summed E-state index contributed by atoms with van der Waals surface area (Å²) in [6.07, 6.45) is 2.00. The first-order chi connectivity index (χ1) is 9.85. The summed E-state index contributed by atoms with van der Waals surface area (Å²) in [5.74, 6) is -0.931. The number of hydrogen-bond acceptors (Lipinski definition) is 5. The Hall–Kier alpha value is -2.49. The number of aromatic nitrogens is 2. The molecule has 0 spiro atoms. The maximum Gasteiger partial charge on any atom is 0.306 e. The Balaban J connectivity index is 2.40. The molecule has 0 atom stereocenters.